The van der Waals surface area contributed by atoms with Gasteiger partial charge in [0.15, 0.2) is 5.82 Å². The summed E-state index contributed by atoms with van der Waals surface area (Å²) in [6.45, 7) is 4.44. The van der Waals surface area contributed by atoms with Crippen LogP contribution < -0.4 is 20.9 Å². The molecule has 2 aromatic rings. The second-order valence-corrected chi connectivity index (χ2v) is 9.57. The largest absolute Gasteiger partial charge is 0.362 e. The number of aromatic nitrogens is 2. The maximum absolute atomic E-state index is 12.4. The molecule has 172 valence electrons. The Kier molecular flexibility index (Phi) is 7.61. The molecular weight excluding hydrogens is 471 g/mol. The predicted octanol–water partition coefficient (Wildman–Crippen LogP) is 4.45. The second-order valence-electron chi connectivity index (χ2n) is 8.32. The monoisotopic (exact) mass is 496 g/mol. The fourth-order valence-corrected chi connectivity index (χ4v) is 4.90. The zero-order valence-corrected chi connectivity index (χ0v) is 20.1. The SMILES string of the molecule is C[C@@H](Nc1nc(N2CCC(NC(=O)[C@H]3CCCN3)CC2)ncc1Cl)c1ccc(Cl)cc1Cl. The summed E-state index contributed by atoms with van der Waals surface area (Å²) in [5, 5.41) is 11.4. The number of nitrogens with one attached hydrogen (secondary N) is 3. The van der Waals surface area contributed by atoms with Crippen LogP contribution in [0.1, 0.15) is 44.2 Å². The predicted molar refractivity (Wildman–Crippen MR) is 130 cm³/mol. The molecule has 4 rings (SSSR count). The summed E-state index contributed by atoms with van der Waals surface area (Å²) in [5.41, 5.74) is 0.903. The first-order chi connectivity index (χ1) is 15.4. The fourth-order valence-electron chi connectivity index (χ4n) is 4.18. The molecule has 1 aromatic heterocycles. The van der Waals surface area contributed by atoms with Crippen molar-refractivity contribution in [2.24, 2.45) is 0 Å². The summed E-state index contributed by atoms with van der Waals surface area (Å²) in [5.74, 6) is 1.29. The van der Waals surface area contributed by atoms with E-state index >= 15 is 0 Å². The number of anilines is 2. The van der Waals surface area contributed by atoms with Gasteiger partial charge in [0.1, 0.15) is 5.02 Å². The van der Waals surface area contributed by atoms with Gasteiger partial charge in [-0.3, -0.25) is 4.79 Å². The quantitative estimate of drug-likeness (QED) is 0.547. The van der Waals surface area contributed by atoms with Gasteiger partial charge in [-0.1, -0.05) is 40.9 Å². The van der Waals surface area contributed by atoms with Crippen LogP contribution in [0.25, 0.3) is 0 Å². The van der Waals surface area contributed by atoms with E-state index in [1.54, 1.807) is 18.3 Å². The highest BCUT2D eigenvalue weighted by atomic mass is 35.5. The summed E-state index contributed by atoms with van der Waals surface area (Å²) in [6.07, 6.45) is 5.29. The van der Waals surface area contributed by atoms with E-state index in [1.165, 1.54) is 0 Å². The standard InChI is InChI=1S/C22H27Cl3N6O/c1-13(16-5-4-14(23)11-17(16)24)28-20-18(25)12-27-22(30-20)31-9-6-15(7-10-31)29-21(32)19-3-2-8-26-19/h4-5,11-13,15,19,26H,2-3,6-10H2,1H3,(H,29,32)(H,27,28,30)/t13-,19-/m1/s1. The highest BCUT2D eigenvalue weighted by Crippen LogP contribution is 2.31. The Balaban J connectivity index is 1.37. The lowest BCUT2D eigenvalue weighted by Crippen LogP contribution is -2.49. The van der Waals surface area contributed by atoms with Gasteiger partial charge in [0.05, 0.1) is 18.3 Å². The van der Waals surface area contributed by atoms with Crippen LogP contribution in [0.3, 0.4) is 0 Å². The Morgan fingerprint density at radius 2 is 1.97 bits per heavy atom. The van der Waals surface area contributed by atoms with Crippen molar-refractivity contribution in [3.63, 3.8) is 0 Å². The minimum atomic E-state index is -0.120. The Morgan fingerprint density at radius 3 is 2.66 bits per heavy atom. The van der Waals surface area contributed by atoms with Crippen LogP contribution in [-0.4, -0.2) is 47.6 Å². The van der Waals surface area contributed by atoms with Gasteiger partial charge in [-0.05, 0) is 56.8 Å². The Morgan fingerprint density at radius 1 is 1.19 bits per heavy atom. The van der Waals surface area contributed by atoms with E-state index in [1.807, 2.05) is 13.0 Å². The average molecular weight is 498 g/mol. The highest BCUT2D eigenvalue weighted by molar-refractivity contribution is 6.35. The minimum Gasteiger partial charge on any atom is -0.362 e. The van der Waals surface area contributed by atoms with Crippen molar-refractivity contribution in [1.82, 2.24) is 20.6 Å². The molecule has 3 heterocycles. The normalized spacial score (nSPS) is 20.2. The van der Waals surface area contributed by atoms with E-state index in [9.17, 15) is 4.79 Å². The van der Waals surface area contributed by atoms with Gasteiger partial charge in [-0.25, -0.2) is 4.98 Å². The van der Waals surface area contributed by atoms with Crippen molar-refractivity contribution >= 4 is 52.5 Å². The molecule has 2 atom stereocenters. The maximum Gasteiger partial charge on any atom is 0.237 e. The van der Waals surface area contributed by atoms with Crippen LogP contribution in [0.2, 0.25) is 15.1 Å². The fraction of sp³-hybridized carbons (Fsp3) is 0.500. The number of hydrogen-bond donors (Lipinski definition) is 3. The van der Waals surface area contributed by atoms with Crippen molar-refractivity contribution in [2.45, 2.75) is 50.7 Å². The molecule has 2 saturated heterocycles. The number of nitrogens with zero attached hydrogens (tertiary/aromatic N) is 3. The van der Waals surface area contributed by atoms with Crippen LogP contribution in [0.5, 0.6) is 0 Å². The number of amides is 1. The van der Waals surface area contributed by atoms with Gasteiger partial charge in [-0.2, -0.15) is 4.98 Å². The third kappa shape index (κ3) is 5.57. The van der Waals surface area contributed by atoms with Crippen LogP contribution in [0.4, 0.5) is 11.8 Å². The smallest absolute Gasteiger partial charge is 0.237 e. The molecular formula is C22H27Cl3N6O. The zero-order valence-electron chi connectivity index (χ0n) is 17.9. The lowest BCUT2D eigenvalue weighted by atomic mass is 10.0. The first kappa shape index (κ1) is 23.4. The molecule has 7 nitrogen and oxygen atoms in total. The number of carbonyl (C=O) groups is 1. The van der Waals surface area contributed by atoms with E-state index in [-0.39, 0.29) is 24.0 Å². The summed E-state index contributed by atoms with van der Waals surface area (Å²) in [6, 6.07) is 5.42. The summed E-state index contributed by atoms with van der Waals surface area (Å²) in [7, 11) is 0. The molecule has 0 bridgehead atoms. The number of rotatable bonds is 6. The molecule has 2 aliphatic rings. The first-order valence-electron chi connectivity index (χ1n) is 10.9. The summed E-state index contributed by atoms with van der Waals surface area (Å²) < 4.78 is 0. The molecule has 0 spiro atoms. The number of hydrogen-bond acceptors (Lipinski definition) is 6. The van der Waals surface area contributed by atoms with E-state index in [0.717, 1.165) is 50.9 Å². The summed E-state index contributed by atoms with van der Waals surface area (Å²) >= 11 is 18.7. The van der Waals surface area contributed by atoms with Crippen LogP contribution in [-0.2, 0) is 4.79 Å². The van der Waals surface area contributed by atoms with Crippen molar-refractivity contribution in [1.29, 1.82) is 0 Å². The lowest BCUT2D eigenvalue weighted by Gasteiger charge is -2.33. The number of carbonyl (C=O) groups excluding carboxylic acids is 1. The molecule has 1 aromatic carbocycles. The molecule has 0 aliphatic carbocycles. The maximum atomic E-state index is 12.4. The van der Waals surface area contributed by atoms with E-state index < -0.39 is 0 Å². The number of piperidine rings is 1. The van der Waals surface area contributed by atoms with Gasteiger partial charge >= 0.3 is 0 Å². The molecule has 0 saturated carbocycles. The van der Waals surface area contributed by atoms with Gasteiger partial charge < -0.3 is 20.9 Å². The van der Waals surface area contributed by atoms with Crippen molar-refractivity contribution in [3.8, 4) is 0 Å². The van der Waals surface area contributed by atoms with Gasteiger partial charge in [0, 0.05) is 29.2 Å². The molecule has 1 amide bonds. The Bertz CT molecular complexity index is 961. The molecule has 0 unspecified atom stereocenters. The van der Waals surface area contributed by atoms with Crippen molar-refractivity contribution in [2.75, 3.05) is 29.9 Å². The van der Waals surface area contributed by atoms with E-state index in [4.69, 9.17) is 34.8 Å². The van der Waals surface area contributed by atoms with Crippen molar-refractivity contribution in [3.05, 3.63) is 45.0 Å². The highest BCUT2D eigenvalue weighted by Gasteiger charge is 2.27. The molecule has 2 aliphatic heterocycles. The topological polar surface area (TPSA) is 82.2 Å². The summed E-state index contributed by atoms with van der Waals surface area (Å²) in [4.78, 5) is 23.6. The van der Waals surface area contributed by atoms with Gasteiger partial charge in [0.2, 0.25) is 11.9 Å². The third-order valence-corrected chi connectivity index (χ3v) is 6.85. The van der Waals surface area contributed by atoms with E-state index in [0.29, 0.717) is 26.8 Å². The number of benzene rings is 1. The van der Waals surface area contributed by atoms with Crippen molar-refractivity contribution < 1.29 is 4.79 Å². The van der Waals surface area contributed by atoms with E-state index in [2.05, 4.69) is 30.8 Å². The van der Waals surface area contributed by atoms with Crippen LogP contribution in [0.15, 0.2) is 24.4 Å². The number of halogens is 3. The lowest BCUT2D eigenvalue weighted by molar-refractivity contribution is -0.123. The van der Waals surface area contributed by atoms with Gasteiger partial charge in [-0.15, -0.1) is 0 Å². The van der Waals surface area contributed by atoms with Gasteiger partial charge in [0.25, 0.3) is 0 Å². The zero-order chi connectivity index (χ0) is 22.7. The molecule has 3 N–H and O–H groups in total. The first-order valence-corrected chi connectivity index (χ1v) is 12.1. The second kappa shape index (κ2) is 10.4. The molecule has 32 heavy (non-hydrogen) atoms. The minimum absolute atomic E-state index is 0.0441. The molecule has 10 heteroatoms. The molecule has 2 fully saturated rings. The van der Waals surface area contributed by atoms with Crippen LogP contribution >= 0.6 is 34.8 Å². The van der Waals surface area contributed by atoms with Crippen LogP contribution in [0, 0.1) is 0 Å². The average Bonchev–Trinajstić information content (AvgIpc) is 3.31. The Hall–Kier alpha value is -1.80. The molecule has 0 radical (unpaired) electrons. The Labute approximate surface area is 203 Å². The third-order valence-electron chi connectivity index (χ3n) is 6.01.